The Morgan fingerprint density at radius 1 is 1.21 bits per heavy atom. The lowest BCUT2D eigenvalue weighted by atomic mass is 9.85. The SMILES string of the molecule is CCC(C)(C)CN1CCC(=O)NC(C(C)(C)C)C1=O. The molecule has 0 saturated carbocycles. The van der Waals surface area contributed by atoms with E-state index in [2.05, 4.69) is 26.1 Å². The van der Waals surface area contributed by atoms with Crippen LogP contribution in [-0.2, 0) is 9.59 Å². The lowest BCUT2D eigenvalue weighted by molar-refractivity contribution is -0.137. The highest BCUT2D eigenvalue weighted by Crippen LogP contribution is 2.26. The molecular weight excluding hydrogens is 240 g/mol. The number of nitrogens with one attached hydrogen (secondary N) is 1. The molecule has 1 unspecified atom stereocenters. The molecule has 0 bridgehead atoms. The first-order chi connectivity index (χ1) is 8.57. The second-order valence-corrected chi connectivity index (χ2v) is 7.39. The van der Waals surface area contributed by atoms with Crippen molar-refractivity contribution in [3.8, 4) is 0 Å². The summed E-state index contributed by atoms with van der Waals surface area (Å²) in [6.45, 7) is 13.7. The minimum atomic E-state index is -0.421. The zero-order valence-electron chi connectivity index (χ0n) is 13.2. The van der Waals surface area contributed by atoms with Gasteiger partial charge in [0.05, 0.1) is 0 Å². The number of hydrogen-bond acceptors (Lipinski definition) is 2. The van der Waals surface area contributed by atoms with Gasteiger partial charge in [-0.2, -0.15) is 0 Å². The summed E-state index contributed by atoms with van der Waals surface area (Å²) in [5.41, 5.74) is -0.169. The van der Waals surface area contributed by atoms with Crippen molar-refractivity contribution in [1.82, 2.24) is 10.2 Å². The number of carbonyl (C=O) groups excluding carboxylic acids is 2. The fourth-order valence-electron chi connectivity index (χ4n) is 2.20. The Hall–Kier alpha value is -1.06. The minimum Gasteiger partial charge on any atom is -0.344 e. The van der Waals surface area contributed by atoms with Crippen molar-refractivity contribution in [2.75, 3.05) is 13.1 Å². The summed E-state index contributed by atoms with van der Waals surface area (Å²) >= 11 is 0. The van der Waals surface area contributed by atoms with E-state index in [0.29, 0.717) is 19.5 Å². The first-order valence-electron chi connectivity index (χ1n) is 7.15. The summed E-state index contributed by atoms with van der Waals surface area (Å²) in [7, 11) is 0. The Labute approximate surface area is 116 Å². The van der Waals surface area contributed by atoms with Crippen molar-refractivity contribution in [3.05, 3.63) is 0 Å². The Morgan fingerprint density at radius 3 is 2.26 bits per heavy atom. The van der Waals surface area contributed by atoms with E-state index in [1.54, 1.807) is 0 Å². The molecule has 110 valence electrons. The van der Waals surface area contributed by atoms with Crippen LogP contribution < -0.4 is 5.32 Å². The monoisotopic (exact) mass is 268 g/mol. The van der Waals surface area contributed by atoms with Crippen molar-refractivity contribution in [3.63, 3.8) is 0 Å². The molecule has 1 aliphatic rings. The van der Waals surface area contributed by atoms with Gasteiger partial charge in [0.25, 0.3) is 0 Å². The number of amides is 2. The van der Waals surface area contributed by atoms with Gasteiger partial charge in [0.1, 0.15) is 6.04 Å². The van der Waals surface area contributed by atoms with Crippen LogP contribution in [0.1, 0.15) is 54.4 Å². The highest BCUT2D eigenvalue weighted by Gasteiger charge is 2.38. The van der Waals surface area contributed by atoms with Crippen LogP contribution in [0.15, 0.2) is 0 Å². The van der Waals surface area contributed by atoms with E-state index >= 15 is 0 Å². The van der Waals surface area contributed by atoms with E-state index in [0.717, 1.165) is 6.42 Å². The molecule has 1 atom stereocenters. The zero-order valence-corrected chi connectivity index (χ0v) is 13.2. The molecule has 0 spiro atoms. The predicted octanol–water partition coefficient (Wildman–Crippen LogP) is 2.19. The van der Waals surface area contributed by atoms with Crippen molar-refractivity contribution in [2.45, 2.75) is 60.4 Å². The van der Waals surface area contributed by atoms with Gasteiger partial charge in [-0.15, -0.1) is 0 Å². The maximum absolute atomic E-state index is 12.6. The molecule has 0 aromatic carbocycles. The molecule has 4 heteroatoms. The highest BCUT2D eigenvalue weighted by atomic mass is 16.2. The molecule has 0 radical (unpaired) electrons. The topological polar surface area (TPSA) is 49.4 Å². The van der Waals surface area contributed by atoms with E-state index in [4.69, 9.17) is 0 Å². The first-order valence-corrected chi connectivity index (χ1v) is 7.15. The second-order valence-electron chi connectivity index (χ2n) is 7.39. The fourth-order valence-corrected chi connectivity index (χ4v) is 2.20. The average molecular weight is 268 g/mol. The van der Waals surface area contributed by atoms with E-state index in [1.807, 2.05) is 25.7 Å². The largest absolute Gasteiger partial charge is 0.344 e. The normalized spacial score (nSPS) is 22.2. The Bertz CT molecular complexity index is 356. The summed E-state index contributed by atoms with van der Waals surface area (Å²) < 4.78 is 0. The number of rotatable bonds is 3. The van der Waals surface area contributed by atoms with E-state index in [1.165, 1.54) is 0 Å². The van der Waals surface area contributed by atoms with E-state index < -0.39 is 6.04 Å². The number of hydrogen-bond donors (Lipinski definition) is 1. The summed E-state index contributed by atoms with van der Waals surface area (Å²) in [4.78, 5) is 26.3. The summed E-state index contributed by atoms with van der Waals surface area (Å²) in [6.07, 6.45) is 1.41. The smallest absolute Gasteiger partial charge is 0.245 e. The maximum atomic E-state index is 12.6. The summed E-state index contributed by atoms with van der Waals surface area (Å²) in [5.74, 6) is 0.0324. The van der Waals surface area contributed by atoms with Crippen LogP contribution >= 0.6 is 0 Å². The predicted molar refractivity (Wildman–Crippen MR) is 76.7 cm³/mol. The van der Waals surface area contributed by atoms with Gasteiger partial charge >= 0.3 is 0 Å². The van der Waals surface area contributed by atoms with Crippen LogP contribution in [0.5, 0.6) is 0 Å². The molecule has 0 aliphatic carbocycles. The summed E-state index contributed by atoms with van der Waals surface area (Å²) in [6, 6.07) is -0.421. The molecule has 1 heterocycles. The Kier molecular flexibility index (Phi) is 4.64. The molecule has 4 nitrogen and oxygen atoms in total. The van der Waals surface area contributed by atoms with Crippen molar-refractivity contribution >= 4 is 11.8 Å². The zero-order chi connectivity index (χ0) is 14.8. The van der Waals surface area contributed by atoms with Gasteiger partial charge in [-0.05, 0) is 17.3 Å². The third-order valence-corrected chi connectivity index (χ3v) is 3.91. The molecule has 19 heavy (non-hydrogen) atoms. The van der Waals surface area contributed by atoms with Gasteiger partial charge < -0.3 is 10.2 Å². The molecule has 1 saturated heterocycles. The molecule has 1 fully saturated rings. The average Bonchev–Trinajstić information content (AvgIpc) is 2.41. The quantitative estimate of drug-likeness (QED) is 0.853. The molecule has 0 aromatic rings. The lowest BCUT2D eigenvalue weighted by Crippen LogP contribution is -2.53. The molecular formula is C15H28N2O2. The fraction of sp³-hybridized carbons (Fsp3) is 0.867. The van der Waals surface area contributed by atoms with Crippen molar-refractivity contribution in [2.24, 2.45) is 10.8 Å². The molecule has 1 aliphatic heterocycles. The van der Waals surface area contributed by atoms with Crippen molar-refractivity contribution in [1.29, 1.82) is 0 Å². The third-order valence-electron chi connectivity index (χ3n) is 3.91. The second kappa shape index (κ2) is 5.51. The maximum Gasteiger partial charge on any atom is 0.245 e. The number of nitrogens with zero attached hydrogens (tertiary/aromatic N) is 1. The first kappa shape index (κ1) is 16.0. The van der Waals surface area contributed by atoms with Gasteiger partial charge in [0.15, 0.2) is 0 Å². The molecule has 1 N–H and O–H groups in total. The van der Waals surface area contributed by atoms with Gasteiger partial charge in [-0.1, -0.05) is 41.5 Å². The van der Waals surface area contributed by atoms with Crippen LogP contribution in [0.4, 0.5) is 0 Å². The van der Waals surface area contributed by atoms with Gasteiger partial charge in [-0.25, -0.2) is 0 Å². The van der Waals surface area contributed by atoms with Crippen molar-refractivity contribution < 1.29 is 9.59 Å². The molecule has 2 amide bonds. The van der Waals surface area contributed by atoms with E-state index in [9.17, 15) is 9.59 Å². The van der Waals surface area contributed by atoms with Gasteiger partial charge in [0.2, 0.25) is 11.8 Å². The van der Waals surface area contributed by atoms with Crippen LogP contribution in [0.2, 0.25) is 0 Å². The van der Waals surface area contributed by atoms with Crippen LogP contribution in [-0.4, -0.2) is 35.8 Å². The lowest BCUT2D eigenvalue weighted by Gasteiger charge is -2.36. The minimum absolute atomic E-state index is 0.0231. The summed E-state index contributed by atoms with van der Waals surface area (Å²) in [5, 5.41) is 2.87. The van der Waals surface area contributed by atoms with E-state index in [-0.39, 0.29) is 22.6 Å². The standard InChI is InChI=1S/C15H28N2O2/c1-7-15(5,6)10-17-9-8-11(18)16-12(13(17)19)14(2,3)4/h12H,7-10H2,1-6H3,(H,16,18). The molecule has 1 rings (SSSR count). The van der Waals surface area contributed by atoms with Gasteiger partial charge in [0, 0.05) is 19.5 Å². The van der Waals surface area contributed by atoms with Crippen LogP contribution in [0.3, 0.4) is 0 Å². The Balaban J connectivity index is 2.93. The third kappa shape index (κ3) is 4.22. The Morgan fingerprint density at radius 2 is 1.79 bits per heavy atom. The van der Waals surface area contributed by atoms with Crippen LogP contribution in [0.25, 0.3) is 0 Å². The molecule has 0 aromatic heterocycles. The highest BCUT2D eigenvalue weighted by molar-refractivity contribution is 5.90. The van der Waals surface area contributed by atoms with Gasteiger partial charge in [-0.3, -0.25) is 9.59 Å². The number of carbonyl (C=O) groups is 2. The van der Waals surface area contributed by atoms with Crippen LogP contribution in [0, 0.1) is 10.8 Å².